The fraction of sp³-hybridized carbons (Fsp3) is 0.533. The summed E-state index contributed by atoms with van der Waals surface area (Å²) >= 11 is 1.77. The molecule has 5 heteroatoms. The van der Waals surface area contributed by atoms with Gasteiger partial charge in [0.15, 0.2) is 0 Å². The van der Waals surface area contributed by atoms with Gasteiger partial charge >= 0.3 is 6.03 Å². The number of urea groups is 1. The number of carbonyl (C=O) groups is 1. The number of thioether (sulfide) groups is 1. The Morgan fingerprint density at radius 1 is 1.35 bits per heavy atom. The second kappa shape index (κ2) is 9.66. The van der Waals surface area contributed by atoms with Crippen molar-refractivity contribution in [3.8, 4) is 0 Å². The van der Waals surface area contributed by atoms with E-state index in [0.29, 0.717) is 13.0 Å². The highest BCUT2D eigenvalue weighted by Crippen LogP contribution is 2.17. The molecule has 1 rings (SSSR count). The maximum Gasteiger partial charge on any atom is 0.314 e. The molecular formula is C15H24N2O2S. The SMILES string of the molecule is CSCCCNC(=O)NC(C)CC(O)c1ccccc1. The van der Waals surface area contributed by atoms with Crippen LogP contribution in [0.5, 0.6) is 0 Å². The molecule has 2 unspecified atom stereocenters. The molecule has 2 amide bonds. The summed E-state index contributed by atoms with van der Waals surface area (Å²) in [6.45, 7) is 2.58. The Hall–Kier alpha value is -1.20. The molecule has 0 saturated heterocycles. The van der Waals surface area contributed by atoms with Crippen molar-refractivity contribution in [1.82, 2.24) is 10.6 Å². The fourth-order valence-corrected chi connectivity index (χ4v) is 2.33. The van der Waals surface area contributed by atoms with Gasteiger partial charge in [-0.1, -0.05) is 30.3 Å². The Labute approximate surface area is 125 Å². The van der Waals surface area contributed by atoms with E-state index < -0.39 is 6.10 Å². The summed E-state index contributed by atoms with van der Waals surface area (Å²) in [7, 11) is 0. The molecule has 4 nitrogen and oxygen atoms in total. The molecule has 0 heterocycles. The maximum atomic E-state index is 11.6. The molecule has 112 valence electrons. The van der Waals surface area contributed by atoms with Crippen LogP contribution in [0.4, 0.5) is 4.79 Å². The second-order valence-electron chi connectivity index (χ2n) is 4.81. The minimum absolute atomic E-state index is 0.0780. The van der Waals surface area contributed by atoms with E-state index in [1.54, 1.807) is 11.8 Å². The lowest BCUT2D eigenvalue weighted by molar-refractivity contribution is 0.154. The van der Waals surface area contributed by atoms with Gasteiger partial charge in [0.05, 0.1) is 6.10 Å². The van der Waals surface area contributed by atoms with E-state index in [2.05, 4.69) is 10.6 Å². The number of aliphatic hydroxyl groups is 1. The van der Waals surface area contributed by atoms with Gasteiger partial charge in [-0.05, 0) is 37.3 Å². The summed E-state index contributed by atoms with van der Waals surface area (Å²) in [6.07, 6.45) is 2.97. The van der Waals surface area contributed by atoms with E-state index in [0.717, 1.165) is 17.7 Å². The summed E-state index contributed by atoms with van der Waals surface area (Å²) in [4.78, 5) is 11.6. The van der Waals surface area contributed by atoms with Crippen molar-refractivity contribution >= 4 is 17.8 Å². The van der Waals surface area contributed by atoms with E-state index in [9.17, 15) is 9.90 Å². The Balaban J connectivity index is 2.25. The highest BCUT2D eigenvalue weighted by Gasteiger charge is 2.13. The van der Waals surface area contributed by atoms with E-state index in [1.807, 2.05) is 43.5 Å². The quantitative estimate of drug-likeness (QED) is 0.646. The molecule has 20 heavy (non-hydrogen) atoms. The van der Waals surface area contributed by atoms with Gasteiger partial charge in [0, 0.05) is 12.6 Å². The fourth-order valence-electron chi connectivity index (χ4n) is 1.90. The lowest BCUT2D eigenvalue weighted by atomic mass is 10.0. The first kappa shape index (κ1) is 16.9. The van der Waals surface area contributed by atoms with Gasteiger partial charge in [0.1, 0.15) is 0 Å². The van der Waals surface area contributed by atoms with Crippen LogP contribution in [0.3, 0.4) is 0 Å². The first-order chi connectivity index (χ1) is 9.63. The molecule has 0 aliphatic heterocycles. The molecule has 3 N–H and O–H groups in total. The van der Waals surface area contributed by atoms with Gasteiger partial charge in [-0.2, -0.15) is 11.8 Å². The van der Waals surface area contributed by atoms with Crippen molar-refractivity contribution in [1.29, 1.82) is 0 Å². The summed E-state index contributed by atoms with van der Waals surface area (Å²) in [5, 5.41) is 15.7. The second-order valence-corrected chi connectivity index (χ2v) is 5.80. The van der Waals surface area contributed by atoms with Gasteiger partial charge < -0.3 is 15.7 Å². The van der Waals surface area contributed by atoms with E-state index in [4.69, 9.17) is 0 Å². The standard InChI is InChI=1S/C15H24N2O2S/c1-12(17-15(19)16-9-6-10-20-2)11-14(18)13-7-4-3-5-8-13/h3-5,7-8,12,14,18H,6,9-11H2,1-2H3,(H2,16,17,19). The number of benzene rings is 1. The van der Waals surface area contributed by atoms with Crippen molar-refractivity contribution in [2.24, 2.45) is 0 Å². The molecule has 0 bridgehead atoms. The highest BCUT2D eigenvalue weighted by atomic mass is 32.2. The molecule has 1 aromatic carbocycles. The smallest absolute Gasteiger partial charge is 0.314 e. The summed E-state index contributed by atoms with van der Waals surface area (Å²) in [5.41, 5.74) is 0.876. The van der Waals surface area contributed by atoms with Gasteiger partial charge in [0.2, 0.25) is 0 Å². The Morgan fingerprint density at radius 2 is 2.05 bits per heavy atom. The normalized spacial score (nSPS) is 13.6. The molecule has 0 aliphatic rings. The maximum absolute atomic E-state index is 11.6. The number of rotatable bonds is 8. The topological polar surface area (TPSA) is 61.4 Å². The summed E-state index contributed by atoms with van der Waals surface area (Å²) in [6, 6.07) is 9.24. The first-order valence-corrected chi connectivity index (χ1v) is 8.29. The first-order valence-electron chi connectivity index (χ1n) is 6.89. The van der Waals surface area contributed by atoms with E-state index in [1.165, 1.54) is 0 Å². The average molecular weight is 296 g/mol. The average Bonchev–Trinajstić information content (AvgIpc) is 2.44. The third-order valence-electron chi connectivity index (χ3n) is 2.95. The molecule has 0 fully saturated rings. The third-order valence-corrected chi connectivity index (χ3v) is 3.65. The number of hydrogen-bond donors (Lipinski definition) is 3. The van der Waals surface area contributed by atoms with Crippen molar-refractivity contribution in [2.75, 3.05) is 18.6 Å². The van der Waals surface area contributed by atoms with E-state index >= 15 is 0 Å². The van der Waals surface area contributed by atoms with Gasteiger partial charge in [-0.25, -0.2) is 4.79 Å². The van der Waals surface area contributed by atoms with Crippen molar-refractivity contribution in [3.63, 3.8) is 0 Å². The number of nitrogens with one attached hydrogen (secondary N) is 2. The van der Waals surface area contributed by atoms with Gasteiger partial charge in [-0.3, -0.25) is 0 Å². The molecule has 0 aliphatic carbocycles. The van der Waals surface area contributed by atoms with Crippen LogP contribution in [0, 0.1) is 0 Å². The van der Waals surface area contributed by atoms with Crippen LogP contribution in [0.1, 0.15) is 31.4 Å². The van der Waals surface area contributed by atoms with Crippen molar-refractivity contribution in [3.05, 3.63) is 35.9 Å². The Bertz CT molecular complexity index is 387. The van der Waals surface area contributed by atoms with E-state index in [-0.39, 0.29) is 12.1 Å². The van der Waals surface area contributed by atoms with Crippen LogP contribution in [0.15, 0.2) is 30.3 Å². The zero-order valence-corrected chi connectivity index (χ0v) is 13.0. The van der Waals surface area contributed by atoms with Crippen molar-refractivity contribution in [2.45, 2.75) is 31.9 Å². The molecule has 0 radical (unpaired) electrons. The molecule has 0 aromatic heterocycles. The van der Waals surface area contributed by atoms with Crippen LogP contribution in [-0.2, 0) is 0 Å². The predicted molar refractivity (Wildman–Crippen MR) is 85.0 cm³/mol. The summed E-state index contributed by atoms with van der Waals surface area (Å²) < 4.78 is 0. The van der Waals surface area contributed by atoms with Gasteiger partial charge in [-0.15, -0.1) is 0 Å². The molecule has 0 spiro atoms. The van der Waals surface area contributed by atoms with Crippen LogP contribution in [-0.4, -0.2) is 35.7 Å². The van der Waals surface area contributed by atoms with Crippen molar-refractivity contribution < 1.29 is 9.90 Å². The highest BCUT2D eigenvalue weighted by molar-refractivity contribution is 7.98. The Kier molecular flexibility index (Phi) is 8.14. The largest absolute Gasteiger partial charge is 0.388 e. The monoisotopic (exact) mass is 296 g/mol. The Morgan fingerprint density at radius 3 is 2.70 bits per heavy atom. The minimum atomic E-state index is -0.553. The lowest BCUT2D eigenvalue weighted by Crippen LogP contribution is -2.41. The van der Waals surface area contributed by atoms with Crippen LogP contribution < -0.4 is 10.6 Å². The number of hydrogen-bond acceptors (Lipinski definition) is 3. The lowest BCUT2D eigenvalue weighted by Gasteiger charge is -2.18. The predicted octanol–water partition coefficient (Wildman–Crippen LogP) is 2.55. The molecular weight excluding hydrogens is 272 g/mol. The van der Waals surface area contributed by atoms with Crippen LogP contribution >= 0.6 is 11.8 Å². The van der Waals surface area contributed by atoms with Crippen LogP contribution in [0.25, 0.3) is 0 Å². The number of carbonyl (C=O) groups excluding carboxylic acids is 1. The third kappa shape index (κ3) is 6.82. The minimum Gasteiger partial charge on any atom is -0.388 e. The summed E-state index contributed by atoms with van der Waals surface area (Å²) in [5.74, 6) is 1.04. The van der Waals surface area contributed by atoms with Crippen LogP contribution in [0.2, 0.25) is 0 Å². The molecule has 2 atom stereocenters. The number of amides is 2. The zero-order valence-electron chi connectivity index (χ0n) is 12.1. The molecule has 0 saturated carbocycles. The molecule has 1 aromatic rings. The zero-order chi connectivity index (χ0) is 14.8. The van der Waals surface area contributed by atoms with Gasteiger partial charge in [0.25, 0.3) is 0 Å². The number of aliphatic hydroxyl groups excluding tert-OH is 1.